The Morgan fingerprint density at radius 3 is 2.67 bits per heavy atom. The Bertz CT molecular complexity index is 669. The zero-order valence-electron chi connectivity index (χ0n) is 14.7. The Balaban J connectivity index is 1.49. The Labute approximate surface area is 142 Å². The first-order valence-corrected chi connectivity index (χ1v) is 8.66. The molecule has 1 aliphatic heterocycles. The minimum Gasteiger partial charge on any atom is -0.343 e. The second kappa shape index (κ2) is 7.15. The van der Waals surface area contributed by atoms with Crippen LogP contribution >= 0.6 is 0 Å². The molecule has 130 valence electrons. The molecule has 3 rings (SSSR count). The zero-order chi connectivity index (χ0) is 17.1. The van der Waals surface area contributed by atoms with Crippen LogP contribution in [0.4, 0.5) is 0 Å². The van der Waals surface area contributed by atoms with Crippen LogP contribution in [0.1, 0.15) is 43.6 Å². The van der Waals surface area contributed by atoms with Crippen molar-refractivity contribution in [1.82, 2.24) is 29.4 Å². The van der Waals surface area contributed by atoms with E-state index < -0.39 is 0 Å². The van der Waals surface area contributed by atoms with Crippen LogP contribution in [0.5, 0.6) is 0 Å². The number of hydrogen-bond donors (Lipinski definition) is 0. The maximum Gasteiger partial charge on any atom is 0.224 e. The summed E-state index contributed by atoms with van der Waals surface area (Å²) in [6.07, 6.45) is 5.89. The molecule has 24 heavy (non-hydrogen) atoms. The summed E-state index contributed by atoms with van der Waals surface area (Å²) < 4.78 is 3.84. The molecule has 2 aromatic heterocycles. The molecule has 1 fully saturated rings. The first-order valence-electron chi connectivity index (χ1n) is 8.66. The molecule has 1 amide bonds. The van der Waals surface area contributed by atoms with Gasteiger partial charge >= 0.3 is 0 Å². The molecular weight excluding hydrogens is 304 g/mol. The van der Waals surface area contributed by atoms with Crippen LogP contribution in [0, 0.1) is 19.8 Å². The van der Waals surface area contributed by atoms with E-state index >= 15 is 0 Å². The topological polar surface area (TPSA) is 68.8 Å². The normalized spacial score (nSPS) is 17.2. The zero-order valence-corrected chi connectivity index (χ0v) is 14.7. The highest BCUT2D eigenvalue weighted by Crippen LogP contribution is 2.21. The number of aromatic nitrogens is 5. The van der Waals surface area contributed by atoms with Crippen molar-refractivity contribution in [3.63, 3.8) is 0 Å². The minimum absolute atomic E-state index is 0.0964. The van der Waals surface area contributed by atoms with Gasteiger partial charge in [-0.1, -0.05) is 0 Å². The van der Waals surface area contributed by atoms with Crippen LogP contribution in [0.25, 0.3) is 0 Å². The highest BCUT2D eigenvalue weighted by Gasteiger charge is 2.25. The smallest absolute Gasteiger partial charge is 0.224 e. The lowest BCUT2D eigenvalue weighted by atomic mass is 9.96. The van der Waals surface area contributed by atoms with Gasteiger partial charge < -0.3 is 4.90 Å². The molecule has 0 radical (unpaired) electrons. The van der Waals surface area contributed by atoms with Crippen LogP contribution in [0.3, 0.4) is 0 Å². The van der Waals surface area contributed by atoms with Crippen molar-refractivity contribution in [2.45, 2.75) is 52.6 Å². The van der Waals surface area contributed by atoms with Gasteiger partial charge in [0.25, 0.3) is 0 Å². The summed E-state index contributed by atoms with van der Waals surface area (Å²) in [5, 5.41) is 8.66. The van der Waals surface area contributed by atoms with Gasteiger partial charge in [-0.05, 0) is 45.6 Å². The van der Waals surface area contributed by atoms with Crippen molar-refractivity contribution in [2.75, 3.05) is 13.1 Å². The molecule has 3 heterocycles. The third-order valence-corrected chi connectivity index (χ3v) is 4.81. The van der Waals surface area contributed by atoms with E-state index in [4.69, 9.17) is 0 Å². The van der Waals surface area contributed by atoms with Crippen molar-refractivity contribution in [2.24, 2.45) is 5.92 Å². The first-order chi connectivity index (χ1) is 11.5. The molecule has 2 aromatic rings. The Morgan fingerprint density at radius 2 is 2.08 bits per heavy atom. The molecule has 7 nitrogen and oxygen atoms in total. The van der Waals surface area contributed by atoms with Crippen LogP contribution in [-0.4, -0.2) is 48.4 Å². The highest BCUT2D eigenvalue weighted by atomic mass is 16.2. The number of carbonyl (C=O) groups is 1. The van der Waals surface area contributed by atoms with Crippen molar-refractivity contribution in [1.29, 1.82) is 0 Å². The molecule has 0 aromatic carbocycles. The number of aryl methyl sites for hydroxylation is 2. The molecule has 1 atom stereocenters. The van der Waals surface area contributed by atoms with Crippen molar-refractivity contribution in [3.8, 4) is 0 Å². The summed E-state index contributed by atoms with van der Waals surface area (Å²) in [4.78, 5) is 18.6. The fourth-order valence-corrected chi connectivity index (χ4v) is 3.52. The predicted molar refractivity (Wildman–Crippen MR) is 90.4 cm³/mol. The molecule has 0 bridgehead atoms. The van der Waals surface area contributed by atoms with E-state index in [2.05, 4.69) is 28.2 Å². The van der Waals surface area contributed by atoms with Crippen LogP contribution < -0.4 is 0 Å². The van der Waals surface area contributed by atoms with Crippen molar-refractivity contribution < 1.29 is 4.79 Å². The van der Waals surface area contributed by atoms with E-state index in [1.54, 1.807) is 12.7 Å². The lowest BCUT2D eigenvalue weighted by Crippen LogP contribution is -2.40. The minimum atomic E-state index is 0.0964. The highest BCUT2D eigenvalue weighted by molar-refractivity contribution is 5.76. The predicted octanol–water partition coefficient (Wildman–Crippen LogP) is 1.98. The Hall–Kier alpha value is -2.18. The second-order valence-electron chi connectivity index (χ2n) is 6.87. The third-order valence-electron chi connectivity index (χ3n) is 4.81. The largest absolute Gasteiger partial charge is 0.343 e. The SMILES string of the molecule is Cc1cc(C)n(C(C)CC(=O)N2CCC(Cn3cncn3)CC2)n1. The third kappa shape index (κ3) is 3.83. The fourth-order valence-electron chi connectivity index (χ4n) is 3.52. The molecule has 7 heteroatoms. The molecule has 0 N–H and O–H groups in total. The second-order valence-corrected chi connectivity index (χ2v) is 6.87. The van der Waals surface area contributed by atoms with Gasteiger partial charge in [0.1, 0.15) is 12.7 Å². The standard InChI is InChI=1S/C17H26N6O/c1-13-8-14(2)23(20-13)15(3)9-17(24)21-6-4-16(5-7-21)10-22-12-18-11-19-22/h8,11-12,15-16H,4-7,9-10H2,1-3H3. The molecule has 1 unspecified atom stereocenters. The summed E-state index contributed by atoms with van der Waals surface area (Å²) in [5.41, 5.74) is 2.11. The summed E-state index contributed by atoms with van der Waals surface area (Å²) in [5.74, 6) is 0.804. The number of rotatable bonds is 5. The van der Waals surface area contributed by atoms with Gasteiger partial charge in [0.15, 0.2) is 0 Å². The van der Waals surface area contributed by atoms with Gasteiger partial charge in [0.2, 0.25) is 5.91 Å². The Kier molecular flexibility index (Phi) is 4.97. The van der Waals surface area contributed by atoms with E-state index in [0.29, 0.717) is 12.3 Å². The number of nitrogens with zero attached hydrogens (tertiary/aromatic N) is 6. The van der Waals surface area contributed by atoms with E-state index in [1.807, 2.05) is 28.1 Å². The van der Waals surface area contributed by atoms with Gasteiger partial charge in [-0.25, -0.2) is 4.98 Å². The molecule has 0 spiro atoms. The quantitative estimate of drug-likeness (QED) is 0.840. The summed E-state index contributed by atoms with van der Waals surface area (Å²) in [6.45, 7) is 8.65. The summed E-state index contributed by atoms with van der Waals surface area (Å²) in [6, 6.07) is 2.15. The average molecular weight is 330 g/mol. The lowest BCUT2D eigenvalue weighted by molar-refractivity contribution is -0.133. The van der Waals surface area contributed by atoms with Gasteiger partial charge in [-0.2, -0.15) is 10.2 Å². The number of carbonyl (C=O) groups excluding carboxylic acids is 1. The van der Waals surface area contributed by atoms with E-state index in [9.17, 15) is 4.79 Å². The fraction of sp³-hybridized carbons (Fsp3) is 0.647. The van der Waals surface area contributed by atoms with Gasteiger partial charge in [0.05, 0.1) is 11.7 Å². The summed E-state index contributed by atoms with van der Waals surface area (Å²) >= 11 is 0. The molecule has 1 saturated heterocycles. The maximum absolute atomic E-state index is 12.6. The van der Waals surface area contributed by atoms with E-state index in [1.165, 1.54) is 0 Å². The van der Waals surface area contributed by atoms with E-state index in [-0.39, 0.29) is 11.9 Å². The van der Waals surface area contributed by atoms with Crippen LogP contribution in [0.2, 0.25) is 0 Å². The first kappa shape index (κ1) is 16.7. The monoisotopic (exact) mass is 330 g/mol. The number of amides is 1. The van der Waals surface area contributed by atoms with E-state index in [0.717, 1.165) is 43.9 Å². The van der Waals surface area contributed by atoms with Gasteiger partial charge in [-0.15, -0.1) is 0 Å². The molecule has 1 aliphatic rings. The maximum atomic E-state index is 12.6. The molecule has 0 aliphatic carbocycles. The summed E-state index contributed by atoms with van der Waals surface area (Å²) in [7, 11) is 0. The number of piperidine rings is 1. The average Bonchev–Trinajstić information content (AvgIpc) is 3.17. The lowest BCUT2D eigenvalue weighted by Gasteiger charge is -2.32. The van der Waals surface area contributed by atoms with Crippen molar-refractivity contribution in [3.05, 3.63) is 30.1 Å². The van der Waals surface area contributed by atoms with Crippen LogP contribution in [-0.2, 0) is 11.3 Å². The number of likely N-dealkylation sites (tertiary alicyclic amines) is 1. The molecular formula is C17H26N6O. The molecule has 0 saturated carbocycles. The van der Waals surface area contributed by atoms with Crippen LogP contribution in [0.15, 0.2) is 18.7 Å². The van der Waals surface area contributed by atoms with Gasteiger partial charge in [-0.3, -0.25) is 14.2 Å². The Morgan fingerprint density at radius 1 is 1.33 bits per heavy atom. The number of hydrogen-bond acceptors (Lipinski definition) is 4. The van der Waals surface area contributed by atoms with Gasteiger partial charge in [0, 0.05) is 31.7 Å². The van der Waals surface area contributed by atoms with Crippen molar-refractivity contribution >= 4 is 5.91 Å².